The number of nitrogens with zero attached hydrogens (tertiary/aromatic N) is 2. The van der Waals surface area contributed by atoms with E-state index in [1.165, 1.54) is 7.05 Å². The van der Waals surface area contributed by atoms with Crippen LogP contribution in [0.2, 0.25) is 0 Å². The molecule has 1 aromatic rings. The van der Waals surface area contributed by atoms with Gasteiger partial charge in [-0.25, -0.2) is 5.01 Å². The van der Waals surface area contributed by atoms with Gasteiger partial charge in [-0.1, -0.05) is 12.1 Å². The molecule has 132 valence electrons. The summed E-state index contributed by atoms with van der Waals surface area (Å²) in [5, 5.41) is 18.5. The Kier molecular flexibility index (Phi) is 5.83. The summed E-state index contributed by atoms with van der Waals surface area (Å²) in [5.41, 5.74) is 1.49. The molecule has 3 N–H and O–H groups in total. The molecule has 1 aromatic carbocycles. The van der Waals surface area contributed by atoms with Crippen LogP contribution in [0.4, 0.5) is 5.69 Å². The lowest BCUT2D eigenvalue weighted by Gasteiger charge is -2.18. The number of aliphatic carboxylic acids is 1. The third kappa shape index (κ3) is 5.41. The van der Waals surface area contributed by atoms with Gasteiger partial charge >= 0.3 is 5.97 Å². The lowest BCUT2D eigenvalue weighted by atomic mass is 10.1. The summed E-state index contributed by atoms with van der Waals surface area (Å²) < 4.78 is 0. The highest BCUT2D eigenvalue weighted by Crippen LogP contribution is 2.13. The fourth-order valence-electron chi connectivity index (χ4n) is 2.16. The van der Waals surface area contributed by atoms with Gasteiger partial charge in [-0.3, -0.25) is 19.2 Å². The fraction of sp³-hybridized carbons (Fsp3) is 0.312. The number of hydrogen-bond donors (Lipinski definition) is 3. The van der Waals surface area contributed by atoms with Crippen LogP contribution in [0.1, 0.15) is 18.4 Å². The smallest absolute Gasteiger partial charge is 0.322 e. The molecule has 0 spiro atoms. The molecule has 0 fully saturated rings. The molecule has 0 bridgehead atoms. The highest BCUT2D eigenvalue weighted by molar-refractivity contribution is 6.43. The third-order valence-corrected chi connectivity index (χ3v) is 3.48. The standard InChI is InChI=1S/C16H18N4O5/c1-20-14(22)7-6-12(19-20)16(25)18-11-4-2-10(3-5-11)8-13(21)17-9-15(23)24/h2-5H,6-9H2,1H3,(H,17,21)(H,18,25)(H,23,24). The van der Waals surface area contributed by atoms with Crippen LogP contribution >= 0.6 is 0 Å². The number of nitrogens with one attached hydrogen (secondary N) is 2. The molecule has 0 unspecified atom stereocenters. The van der Waals surface area contributed by atoms with Gasteiger partial charge in [0.05, 0.1) is 6.42 Å². The van der Waals surface area contributed by atoms with E-state index in [0.717, 1.165) is 5.01 Å². The molecular formula is C16H18N4O5. The van der Waals surface area contributed by atoms with Crippen molar-refractivity contribution in [2.75, 3.05) is 18.9 Å². The maximum absolute atomic E-state index is 12.1. The number of hydrogen-bond acceptors (Lipinski definition) is 5. The summed E-state index contributed by atoms with van der Waals surface area (Å²) in [7, 11) is 1.50. The SMILES string of the molecule is CN1N=C(C(=O)Nc2ccc(CC(=O)NCC(=O)O)cc2)CCC1=O. The van der Waals surface area contributed by atoms with Crippen molar-refractivity contribution in [2.24, 2.45) is 5.10 Å². The van der Waals surface area contributed by atoms with Gasteiger partial charge in [-0.15, -0.1) is 0 Å². The molecule has 0 saturated carbocycles. The summed E-state index contributed by atoms with van der Waals surface area (Å²) in [6.45, 7) is -0.425. The van der Waals surface area contributed by atoms with Gasteiger partial charge in [0.1, 0.15) is 12.3 Å². The van der Waals surface area contributed by atoms with E-state index in [2.05, 4.69) is 15.7 Å². The second-order valence-electron chi connectivity index (χ2n) is 5.46. The zero-order chi connectivity index (χ0) is 18.4. The van der Waals surface area contributed by atoms with Crippen LogP contribution in [0.5, 0.6) is 0 Å². The molecule has 9 nitrogen and oxygen atoms in total. The molecule has 0 radical (unpaired) electrons. The first-order valence-electron chi connectivity index (χ1n) is 7.58. The van der Waals surface area contributed by atoms with Gasteiger partial charge < -0.3 is 15.7 Å². The molecule has 9 heteroatoms. The van der Waals surface area contributed by atoms with E-state index < -0.39 is 18.4 Å². The van der Waals surface area contributed by atoms with Crippen LogP contribution < -0.4 is 10.6 Å². The van der Waals surface area contributed by atoms with Gasteiger partial charge in [0.2, 0.25) is 11.8 Å². The van der Waals surface area contributed by atoms with Crippen LogP contribution in [-0.4, -0.2) is 53.1 Å². The van der Waals surface area contributed by atoms with Crippen LogP contribution in [0, 0.1) is 0 Å². The predicted octanol–water partition coefficient (Wildman–Crippen LogP) is -0.0234. The molecule has 0 atom stereocenters. The van der Waals surface area contributed by atoms with Crippen molar-refractivity contribution in [3.63, 3.8) is 0 Å². The second-order valence-corrected chi connectivity index (χ2v) is 5.46. The van der Waals surface area contributed by atoms with Crippen molar-refractivity contribution >= 4 is 35.1 Å². The van der Waals surface area contributed by atoms with Crippen LogP contribution in [0.15, 0.2) is 29.4 Å². The molecule has 1 aliphatic heterocycles. The van der Waals surface area contributed by atoms with Crippen molar-refractivity contribution in [1.82, 2.24) is 10.3 Å². The summed E-state index contributed by atoms with van der Waals surface area (Å²) in [6.07, 6.45) is 0.575. The molecule has 0 saturated heterocycles. The Hall–Kier alpha value is -3.23. The second kappa shape index (κ2) is 8.04. The summed E-state index contributed by atoms with van der Waals surface area (Å²) in [6, 6.07) is 6.59. The molecule has 2 rings (SSSR count). The summed E-state index contributed by atoms with van der Waals surface area (Å²) in [4.78, 5) is 45.4. The van der Waals surface area contributed by atoms with E-state index >= 15 is 0 Å². The van der Waals surface area contributed by atoms with E-state index in [1.54, 1.807) is 24.3 Å². The van der Waals surface area contributed by atoms with E-state index in [9.17, 15) is 19.2 Å². The third-order valence-electron chi connectivity index (χ3n) is 3.48. The Bertz CT molecular complexity index is 727. The molecular weight excluding hydrogens is 328 g/mol. The lowest BCUT2D eigenvalue weighted by molar-refractivity contribution is -0.137. The van der Waals surface area contributed by atoms with Crippen molar-refractivity contribution in [3.05, 3.63) is 29.8 Å². The minimum Gasteiger partial charge on any atom is -0.480 e. The number of anilines is 1. The average Bonchev–Trinajstić information content (AvgIpc) is 2.57. The minimum absolute atomic E-state index is 0.0428. The summed E-state index contributed by atoms with van der Waals surface area (Å²) >= 11 is 0. The van der Waals surface area contributed by atoms with E-state index in [1.807, 2.05) is 0 Å². The first-order valence-corrected chi connectivity index (χ1v) is 7.58. The normalized spacial score (nSPS) is 13.9. The van der Waals surface area contributed by atoms with E-state index in [-0.39, 0.29) is 36.8 Å². The minimum atomic E-state index is -1.11. The maximum atomic E-state index is 12.1. The Balaban J connectivity index is 1.91. The highest BCUT2D eigenvalue weighted by Gasteiger charge is 2.21. The lowest BCUT2D eigenvalue weighted by Crippen LogP contribution is -2.34. The molecule has 0 aliphatic carbocycles. The highest BCUT2D eigenvalue weighted by atomic mass is 16.4. The van der Waals surface area contributed by atoms with Crippen LogP contribution in [-0.2, 0) is 25.6 Å². The molecule has 1 heterocycles. The first-order chi connectivity index (χ1) is 11.8. The first kappa shape index (κ1) is 18.1. The van der Waals surface area contributed by atoms with Crippen molar-refractivity contribution in [3.8, 4) is 0 Å². The topological polar surface area (TPSA) is 128 Å². The number of carboxylic acid groups (broad SMARTS) is 1. The number of carboxylic acids is 1. The Morgan fingerprint density at radius 2 is 1.88 bits per heavy atom. The Morgan fingerprint density at radius 1 is 1.20 bits per heavy atom. The zero-order valence-corrected chi connectivity index (χ0v) is 13.6. The van der Waals surface area contributed by atoms with Gasteiger partial charge in [0, 0.05) is 25.6 Å². The molecule has 25 heavy (non-hydrogen) atoms. The predicted molar refractivity (Wildman–Crippen MR) is 88.9 cm³/mol. The maximum Gasteiger partial charge on any atom is 0.322 e. The number of amides is 3. The Labute approximate surface area is 143 Å². The number of rotatable bonds is 6. The van der Waals surface area contributed by atoms with Crippen molar-refractivity contribution in [2.45, 2.75) is 19.3 Å². The number of benzene rings is 1. The zero-order valence-electron chi connectivity index (χ0n) is 13.6. The van der Waals surface area contributed by atoms with Crippen LogP contribution in [0.25, 0.3) is 0 Å². The Morgan fingerprint density at radius 3 is 2.48 bits per heavy atom. The van der Waals surface area contributed by atoms with Gasteiger partial charge in [-0.2, -0.15) is 5.10 Å². The average molecular weight is 346 g/mol. The molecule has 0 aromatic heterocycles. The van der Waals surface area contributed by atoms with E-state index in [0.29, 0.717) is 11.3 Å². The number of carbonyl (C=O) groups excluding carboxylic acids is 3. The quantitative estimate of drug-likeness (QED) is 0.667. The van der Waals surface area contributed by atoms with Crippen molar-refractivity contribution < 1.29 is 24.3 Å². The van der Waals surface area contributed by atoms with E-state index in [4.69, 9.17) is 5.11 Å². The largest absolute Gasteiger partial charge is 0.480 e. The monoisotopic (exact) mass is 346 g/mol. The molecule has 1 aliphatic rings. The summed E-state index contributed by atoms with van der Waals surface area (Å²) in [5.74, 6) is -2.03. The van der Waals surface area contributed by atoms with Crippen LogP contribution in [0.3, 0.4) is 0 Å². The fourth-order valence-corrected chi connectivity index (χ4v) is 2.16. The molecule has 3 amide bonds. The number of carbonyl (C=O) groups is 4. The van der Waals surface area contributed by atoms with Gasteiger partial charge in [0.15, 0.2) is 0 Å². The van der Waals surface area contributed by atoms with Gasteiger partial charge in [0.25, 0.3) is 5.91 Å². The van der Waals surface area contributed by atoms with Crippen molar-refractivity contribution in [1.29, 1.82) is 0 Å². The van der Waals surface area contributed by atoms with Gasteiger partial charge in [-0.05, 0) is 17.7 Å². The number of hydrazone groups is 1.